The standard InChI is InChI=1S/C11H14O2.C7H4O3/c1-3-9(2)13-11(12)10-7-5-4-6-8-10;8-4-1-2-5-6(3-4)10-7(5)9/h4-9H,3H2,1-2H3;1-3,8H. The van der Waals surface area contributed by atoms with Gasteiger partial charge in [-0.3, -0.25) is 0 Å². The fourth-order valence-corrected chi connectivity index (χ4v) is 1.78. The van der Waals surface area contributed by atoms with Gasteiger partial charge in [0.15, 0.2) is 0 Å². The molecule has 0 saturated carbocycles. The van der Waals surface area contributed by atoms with E-state index in [0.717, 1.165) is 6.42 Å². The van der Waals surface area contributed by atoms with Crippen LogP contribution in [0.1, 0.15) is 41.0 Å². The first-order valence-corrected chi connectivity index (χ1v) is 7.32. The van der Waals surface area contributed by atoms with Gasteiger partial charge in [-0.2, -0.15) is 0 Å². The molecular weight excluding hydrogens is 296 g/mol. The number of hydrogen-bond acceptors (Lipinski definition) is 5. The maximum atomic E-state index is 11.4. The first-order valence-electron chi connectivity index (χ1n) is 7.32. The molecule has 2 aromatic rings. The molecule has 0 spiro atoms. The summed E-state index contributed by atoms with van der Waals surface area (Å²) in [5.41, 5.74) is 1.15. The Morgan fingerprint density at radius 3 is 2.48 bits per heavy atom. The highest BCUT2D eigenvalue weighted by Gasteiger charge is 2.25. The lowest BCUT2D eigenvalue weighted by Gasteiger charge is -2.16. The summed E-state index contributed by atoms with van der Waals surface area (Å²) in [6.07, 6.45) is 0.839. The Morgan fingerprint density at radius 2 is 1.91 bits per heavy atom. The second-order valence-electron chi connectivity index (χ2n) is 5.06. The number of aromatic hydroxyl groups is 1. The summed E-state index contributed by atoms with van der Waals surface area (Å²) in [5.74, 6) is 0.0150. The average molecular weight is 314 g/mol. The Bertz CT molecular complexity index is 694. The first kappa shape index (κ1) is 16.5. The Balaban J connectivity index is 0.000000172. The van der Waals surface area contributed by atoms with Crippen LogP contribution in [0.5, 0.6) is 11.5 Å². The van der Waals surface area contributed by atoms with Crippen LogP contribution in [-0.4, -0.2) is 23.1 Å². The van der Waals surface area contributed by atoms with E-state index in [1.165, 1.54) is 18.2 Å². The number of ether oxygens (including phenoxy) is 2. The molecule has 0 aliphatic carbocycles. The van der Waals surface area contributed by atoms with Gasteiger partial charge in [0, 0.05) is 6.07 Å². The van der Waals surface area contributed by atoms with Gasteiger partial charge in [0.2, 0.25) is 0 Å². The van der Waals surface area contributed by atoms with Crippen LogP contribution in [-0.2, 0) is 4.74 Å². The highest BCUT2D eigenvalue weighted by molar-refractivity contribution is 6.01. The minimum atomic E-state index is -0.324. The van der Waals surface area contributed by atoms with Crippen LogP contribution in [0.15, 0.2) is 48.5 Å². The molecule has 5 heteroatoms. The van der Waals surface area contributed by atoms with Crippen LogP contribution < -0.4 is 4.74 Å². The molecule has 1 aliphatic rings. The number of esters is 2. The number of carbonyl (C=O) groups excluding carboxylic acids is 2. The predicted octanol–water partition coefficient (Wildman–Crippen LogP) is 3.57. The number of phenolic OH excluding ortho intramolecular Hbond substituents is 1. The largest absolute Gasteiger partial charge is 0.508 e. The number of benzene rings is 2. The van der Waals surface area contributed by atoms with E-state index < -0.39 is 0 Å². The molecule has 120 valence electrons. The molecule has 0 fully saturated rings. The van der Waals surface area contributed by atoms with E-state index in [0.29, 0.717) is 16.9 Å². The van der Waals surface area contributed by atoms with Crippen molar-refractivity contribution in [2.75, 3.05) is 0 Å². The van der Waals surface area contributed by atoms with Gasteiger partial charge in [-0.15, -0.1) is 0 Å². The molecule has 1 atom stereocenters. The Kier molecular flexibility index (Phi) is 5.36. The molecule has 2 aromatic carbocycles. The minimum Gasteiger partial charge on any atom is -0.508 e. The van der Waals surface area contributed by atoms with Gasteiger partial charge < -0.3 is 14.6 Å². The van der Waals surface area contributed by atoms with Crippen molar-refractivity contribution in [1.82, 2.24) is 0 Å². The van der Waals surface area contributed by atoms with Gasteiger partial charge in [0.05, 0.1) is 11.7 Å². The van der Waals surface area contributed by atoms with Crippen molar-refractivity contribution in [1.29, 1.82) is 0 Å². The van der Waals surface area contributed by atoms with Gasteiger partial charge in [0.25, 0.3) is 0 Å². The molecule has 1 unspecified atom stereocenters. The number of phenols is 1. The third-order valence-electron chi connectivity index (χ3n) is 3.28. The molecule has 0 radical (unpaired) electrons. The van der Waals surface area contributed by atoms with E-state index in [-0.39, 0.29) is 23.8 Å². The van der Waals surface area contributed by atoms with Crippen molar-refractivity contribution in [3.63, 3.8) is 0 Å². The van der Waals surface area contributed by atoms with Crippen molar-refractivity contribution in [2.45, 2.75) is 26.4 Å². The maximum Gasteiger partial charge on any atom is 0.347 e. The molecule has 0 bridgehead atoms. The monoisotopic (exact) mass is 314 g/mol. The molecular formula is C18H18O5. The zero-order chi connectivity index (χ0) is 16.8. The summed E-state index contributed by atoms with van der Waals surface area (Å²) in [7, 11) is 0. The highest BCUT2D eigenvalue weighted by Crippen LogP contribution is 2.31. The van der Waals surface area contributed by atoms with Crippen molar-refractivity contribution in [3.05, 3.63) is 59.7 Å². The van der Waals surface area contributed by atoms with Crippen molar-refractivity contribution in [2.24, 2.45) is 0 Å². The third-order valence-corrected chi connectivity index (χ3v) is 3.28. The predicted molar refractivity (Wildman–Crippen MR) is 84.7 cm³/mol. The van der Waals surface area contributed by atoms with Gasteiger partial charge in [-0.25, -0.2) is 9.59 Å². The summed E-state index contributed by atoms with van der Waals surface area (Å²) in [6, 6.07) is 13.4. The summed E-state index contributed by atoms with van der Waals surface area (Å²) >= 11 is 0. The summed E-state index contributed by atoms with van der Waals surface area (Å²) < 4.78 is 9.71. The van der Waals surface area contributed by atoms with Crippen molar-refractivity contribution >= 4 is 11.9 Å². The van der Waals surface area contributed by atoms with E-state index in [4.69, 9.17) is 9.84 Å². The van der Waals surface area contributed by atoms with Gasteiger partial charge in [-0.1, -0.05) is 25.1 Å². The molecule has 0 aromatic heterocycles. The summed E-state index contributed by atoms with van der Waals surface area (Å²) in [6.45, 7) is 3.88. The smallest absolute Gasteiger partial charge is 0.347 e. The zero-order valence-electron chi connectivity index (χ0n) is 13.0. The first-order chi connectivity index (χ1) is 11.0. The van der Waals surface area contributed by atoms with Crippen LogP contribution in [0.2, 0.25) is 0 Å². The van der Waals surface area contributed by atoms with E-state index in [2.05, 4.69) is 4.74 Å². The topological polar surface area (TPSA) is 72.8 Å². The van der Waals surface area contributed by atoms with Crippen LogP contribution in [0.3, 0.4) is 0 Å². The van der Waals surface area contributed by atoms with Crippen LogP contribution in [0.4, 0.5) is 0 Å². The zero-order valence-corrected chi connectivity index (χ0v) is 13.0. The maximum absolute atomic E-state index is 11.4. The molecule has 23 heavy (non-hydrogen) atoms. The third kappa shape index (κ3) is 4.32. The molecule has 1 heterocycles. The molecule has 1 aliphatic heterocycles. The number of hydrogen-bond donors (Lipinski definition) is 1. The lowest BCUT2D eigenvalue weighted by Crippen LogP contribution is -2.20. The molecule has 1 N–H and O–H groups in total. The molecule has 0 amide bonds. The van der Waals surface area contributed by atoms with Gasteiger partial charge >= 0.3 is 11.9 Å². The summed E-state index contributed by atoms with van der Waals surface area (Å²) in [4.78, 5) is 21.9. The van der Waals surface area contributed by atoms with E-state index in [1.807, 2.05) is 32.0 Å². The molecule has 0 saturated heterocycles. The lowest BCUT2D eigenvalue weighted by atomic mass is 10.1. The van der Waals surface area contributed by atoms with E-state index in [9.17, 15) is 9.59 Å². The lowest BCUT2D eigenvalue weighted by molar-refractivity contribution is 0.0334. The van der Waals surface area contributed by atoms with E-state index >= 15 is 0 Å². The van der Waals surface area contributed by atoms with Gasteiger partial charge in [-0.05, 0) is 37.6 Å². The SMILES string of the molecule is CCC(C)OC(=O)c1ccccc1.O=C1Oc2cc(O)ccc21. The Labute approximate surface area is 134 Å². The fourth-order valence-electron chi connectivity index (χ4n) is 1.78. The van der Waals surface area contributed by atoms with E-state index in [1.54, 1.807) is 12.1 Å². The molecule has 3 rings (SSSR count). The van der Waals surface area contributed by atoms with Crippen LogP contribution >= 0.6 is 0 Å². The van der Waals surface area contributed by atoms with Crippen LogP contribution in [0.25, 0.3) is 0 Å². The highest BCUT2D eigenvalue weighted by atomic mass is 16.6. The summed E-state index contributed by atoms with van der Waals surface area (Å²) in [5, 5.41) is 8.87. The second kappa shape index (κ2) is 7.45. The number of rotatable bonds is 3. The molecule has 5 nitrogen and oxygen atoms in total. The van der Waals surface area contributed by atoms with Gasteiger partial charge in [0.1, 0.15) is 17.1 Å². The second-order valence-corrected chi connectivity index (χ2v) is 5.06. The van der Waals surface area contributed by atoms with Crippen molar-refractivity contribution < 1.29 is 24.2 Å². The Hall–Kier alpha value is -2.82. The van der Waals surface area contributed by atoms with Crippen LogP contribution in [0, 0.1) is 0 Å². The number of carbonyl (C=O) groups is 2. The normalized spacial score (nSPS) is 12.7. The average Bonchev–Trinajstić information content (AvgIpc) is 2.55. The fraction of sp³-hybridized carbons (Fsp3) is 0.222. The van der Waals surface area contributed by atoms with Crippen molar-refractivity contribution in [3.8, 4) is 11.5 Å². The number of fused-ring (bicyclic) bond motifs is 1. The Morgan fingerprint density at radius 1 is 1.22 bits per heavy atom. The minimum absolute atomic E-state index is 0.00675. The quantitative estimate of drug-likeness (QED) is 0.877.